The van der Waals surface area contributed by atoms with Gasteiger partial charge in [0, 0.05) is 25.7 Å². The van der Waals surface area contributed by atoms with Crippen LogP contribution in [-0.4, -0.2) is 96.7 Å². The van der Waals surface area contributed by atoms with Crippen LogP contribution in [0, 0.1) is 23.7 Å². The molecule has 0 aromatic heterocycles. The molecular formula is C64H124O17P2. The van der Waals surface area contributed by atoms with Gasteiger partial charge in [-0.2, -0.15) is 0 Å². The first-order valence-electron chi connectivity index (χ1n) is 33.2. The van der Waals surface area contributed by atoms with Crippen LogP contribution in [0.3, 0.4) is 0 Å². The van der Waals surface area contributed by atoms with Gasteiger partial charge < -0.3 is 33.8 Å². The molecule has 0 rings (SSSR count). The van der Waals surface area contributed by atoms with E-state index in [1.807, 2.05) is 0 Å². The van der Waals surface area contributed by atoms with E-state index < -0.39 is 97.5 Å². The van der Waals surface area contributed by atoms with Crippen LogP contribution in [0.5, 0.6) is 0 Å². The molecule has 0 aliphatic heterocycles. The maximum absolute atomic E-state index is 13.0. The Bertz CT molecular complexity index is 1660. The topological polar surface area (TPSA) is 237 Å². The van der Waals surface area contributed by atoms with E-state index in [1.54, 1.807) is 0 Å². The van der Waals surface area contributed by atoms with Crippen molar-refractivity contribution in [3.63, 3.8) is 0 Å². The number of rotatable bonds is 61. The van der Waals surface area contributed by atoms with E-state index in [9.17, 15) is 43.2 Å². The minimum absolute atomic E-state index is 0.103. The van der Waals surface area contributed by atoms with Gasteiger partial charge in [-0.25, -0.2) is 9.13 Å². The van der Waals surface area contributed by atoms with Crippen LogP contribution in [0.1, 0.15) is 306 Å². The number of esters is 4. The first kappa shape index (κ1) is 81.1. The molecule has 0 fully saturated rings. The number of hydrogen-bond donors (Lipinski definition) is 3. The van der Waals surface area contributed by atoms with Crippen LogP contribution in [0.15, 0.2) is 0 Å². The van der Waals surface area contributed by atoms with Crippen molar-refractivity contribution in [1.29, 1.82) is 0 Å². The van der Waals surface area contributed by atoms with Crippen LogP contribution in [0.2, 0.25) is 0 Å². The molecule has 0 saturated heterocycles. The molecule has 3 N–H and O–H groups in total. The van der Waals surface area contributed by atoms with E-state index in [0.717, 1.165) is 114 Å². The summed E-state index contributed by atoms with van der Waals surface area (Å²) in [6, 6.07) is 0. The Morgan fingerprint density at radius 1 is 0.337 bits per heavy atom. The van der Waals surface area contributed by atoms with Gasteiger partial charge in [0.15, 0.2) is 12.2 Å². The van der Waals surface area contributed by atoms with Crippen molar-refractivity contribution in [2.75, 3.05) is 39.6 Å². The summed E-state index contributed by atoms with van der Waals surface area (Å²) in [6.45, 7) is 13.9. The zero-order valence-corrected chi connectivity index (χ0v) is 55.6. The van der Waals surface area contributed by atoms with E-state index in [1.165, 1.54) is 103 Å². The molecule has 0 radical (unpaired) electrons. The lowest BCUT2D eigenvalue weighted by atomic mass is 9.99. The molecule has 83 heavy (non-hydrogen) atoms. The van der Waals surface area contributed by atoms with Gasteiger partial charge in [-0.15, -0.1) is 0 Å². The molecule has 0 aromatic rings. The summed E-state index contributed by atoms with van der Waals surface area (Å²) in [5.41, 5.74) is 0. The molecule has 0 aromatic carbocycles. The summed E-state index contributed by atoms with van der Waals surface area (Å²) >= 11 is 0. The van der Waals surface area contributed by atoms with Crippen molar-refractivity contribution in [2.45, 2.75) is 324 Å². The molecule has 19 heteroatoms. The summed E-state index contributed by atoms with van der Waals surface area (Å²) in [5, 5.41) is 10.5. The van der Waals surface area contributed by atoms with Crippen molar-refractivity contribution < 1.29 is 80.2 Å². The highest BCUT2D eigenvalue weighted by Crippen LogP contribution is 2.45. The van der Waals surface area contributed by atoms with Gasteiger partial charge in [-0.3, -0.25) is 37.3 Å². The number of phosphoric acid groups is 2. The Morgan fingerprint density at radius 3 is 0.855 bits per heavy atom. The molecule has 0 aliphatic rings. The van der Waals surface area contributed by atoms with Crippen LogP contribution < -0.4 is 0 Å². The standard InChI is InChI=1S/C64H124O17P2/c1-9-57(8)43-35-27-18-12-15-21-31-39-47-64(69)80-59(50-74-61(66)44-36-28-19-13-10-16-24-32-40-54(2)3)52-78-82(70,71)76-48-58(65)49-77-83(72,73)79-53-60(51-75-62(67)45-37-29-23-22-26-34-42-56(6)7)81-63(68)46-38-30-20-14-11-17-25-33-41-55(4)5/h54-60,65H,9-53H2,1-8H3,(H,70,71)(H,72,73)/t57?,58?,59-,60-/m1/s1. The van der Waals surface area contributed by atoms with Gasteiger partial charge in [0.2, 0.25) is 0 Å². The smallest absolute Gasteiger partial charge is 0.462 e. The second-order valence-corrected chi connectivity index (χ2v) is 27.7. The highest BCUT2D eigenvalue weighted by Gasteiger charge is 2.30. The summed E-state index contributed by atoms with van der Waals surface area (Å²) in [4.78, 5) is 72.2. The van der Waals surface area contributed by atoms with Crippen molar-refractivity contribution in [2.24, 2.45) is 23.7 Å². The van der Waals surface area contributed by atoms with Crippen LogP contribution in [0.4, 0.5) is 0 Å². The largest absolute Gasteiger partial charge is 0.472 e. The van der Waals surface area contributed by atoms with Gasteiger partial charge >= 0.3 is 39.5 Å². The number of aliphatic hydroxyl groups is 1. The highest BCUT2D eigenvalue weighted by molar-refractivity contribution is 7.47. The first-order valence-corrected chi connectivity index (χ1v) is 36.2. The van der Waals surface area contributed by atoms with Gasteiger partial charge in [-0.05, 0) is 49.4 Å². The number of hydrogen-bond acceptors (Lipinski definition) is 15. The maximum Gasteiger partial charge on any atom is 0.472 e. The Balaban J connectivity index is 5.26. The van der Waals surface area contributed by atoms with E-state index in [4.69, 9.17) is 37.0 Å². The third-order valence-electron chi connectivity index (χ3n) is 14.9. The molecule has 0 saturated carbocycles. The number of carbonyl (C=O) groups is 4. The van der Waals surface area contributed by atoms with Crippen LogP contribution in [0.25, 0.3) is 0 Å². The Morgan fingerprint density at radius 2 is 0.578 bits per heavy atom. The summed E-state index contributed by atoms with van der Waals surface area (Å²) in [7, 11) is -9.89. The fraction of sp³-hybridized carbons (Fsp3) is 0.938. The number of carbonyl (C=O) groups excluding carboxylic acids is 4. The zero-order chi connectivity index (χ0) is 61.8. The van der Waals surface area contributed by atoms with Gasteiger partial charge in [0.25, 0.3) is 0 Å². The molecule has 17 nitrogen and oxygen atoms in total. The second-order valence-electron chi connectivity index (χ2n) is 24.8. The Kier molecular flexibility index (Phi) is 53.0. The monoisotopic (exact) mass is 1230 g/mol. The van der Waals surface area contributed by atoms with Crippen molar-refractivity contribution in [1.82, 2.24) is 0 Å². The first-order chi connectivity index (χ1) is 39.6. The summed E-state index contributed by atoms with van der Waals surface area (Å²) in [6.07, 6.45) is 33.6. The quantitative estimate of drug-likeness (QED) is 0.0222. The molecule has 492 valence electrons. The van der Waals surface area contributed by atoms with Gasteiger partial charge in [-0.1, -0.05) is 254 Å². The normalized spacial score (nSPS) is 14.8. The van der Waals surface area contributed by atoms with E-state index in [0.29, 0.717) is 31.6 Å². The fourth-order valence-electron chi connectivity index (χ4n) is 9.40. The average molecular weight is 1230 g/mol. The van der Waals surface area contributed by atoms with Crippen molar-refractivity contribution >= 4 is 39.5 Å². The predicted octanol–water partition coefficient (Wildman–Crippen LogP) is 17.4. The molecule has 6 atom stereocenters. The Labute approximate surface area is 505 Å². The lowest BCUT2D eigenvalue weighted by Crippen LogP contribution is -2.30. The second kappa shape index (κ2) is 54.2. The minimum Gasteiger partial charge on any atom is -0.462 e. The van der Waals surface area contributed by atoms with Crippen molar-refractivity contribution in [3.05, 3.63) is 0 Å². The lowest BCUT2D eigenvalue weighted by molar-refractivity contribution is -0.161. The summed E-state index contributed by atoms with van der Waals surface area (Å²) < 4.78 is 68.0. The third-order valence-corrected chi connectivity index (χ3v) is 16.8. The molecule has 4 unspecified atom stereocenters. The lowest BCUT2D eigenvalue weighted by Gasteiger charge is -2.21. The van der Waals surface area contributed by atoms with Crippen LogP contribution >= 0.6 is 15.6 Å². The third kappa shape index (κ3) is 57.6. The molecule has 0 aliphatic carbocycles. The maximum atomic E-state index is 13.0. The molecular weight excluding hydrogens is 1100 g/mol. The fourth-order valence-corrected chi connectivity index (χ4v) is 11.0. The van der Waals surface area contributed by atoms with Gasteiger partial charge in [0.1, 0.15) is 19.3 Å². The minimum atomic E-state index is -4.95. The van der Waals surface area contributed by atoms with Gasteiger partial charge in [0.05, 0.1) is 26.4 Å². The molecule has 0 bridgehead atoms. The van der Waals surface area contributed by atoms with E-state index in [-0.39, 0.29) is 25.7 Å². The average Bonchev–Trinajstić information content (AvgIpc) is 3.44. The number of phosphoric ester groups is 2. The van der Waals surface area contributed by atoms with E-state index in [2.05, 4.69) is 55.4 Å². The number of ether oxygens (including phenoxy) is 4. The molecule has 0 amide bonds. The number of unbranched alkanes of at least 4 members (excludes halogenated alkanes) is 26. The number of aliphatic hydroxyl groups excluding tert-OH is 1. The SMILES string of the molecule is CCC(C)CCCCCCCCCCC(=O)O[C@H](COC(=O)CCCCCCCCCCC(C)C)COP(=O)(O)OCC(O)COP(=O)(O)OC[C@@H](COC(=O)CCCCCCCCC(C)C)OC(=O)CCCCCCCCCCC(C)C. The molecule has 0 heterocycles. The van der Waals surface area contributed by atoms with E-state index >= 15 is 0 Å². The zero-order valence-electron chi connectivity index (χ0n) is 53.8. The Hall–Kier alpha value is -1.94. The highest BCUT2D eigenvalue weighted by atomic mass is 31.2. The van der Waals surface area contributed by atoms with Crippen molar-refractivity contribution in [3.8, 4) is 0 Å². The predicted molar refractivity (Wildman–Crippen MR) is 331 cm³/mol. The van der Waals surface area contributed by atoms with Crippen LogP contribution in [-0.2, 0) is 65.4 Å². The molecule has 0 spiro atoms. The summed E-state index contributed by atoms with van der Waals surface area (Å²) in [5.74, 6) is 0.751.